The number of phenolic OH excluding ortho intramolecular Hbond substituents is 2. The third-order valence-corrected chi connectivity index (χ3v) is 8.21. The highest BCUT2D eigenvalue weighted by Crippen LogP contribution is 2.50. The van der Waals surface area contributed by atoms with Crippen LogP contribution in [0.25, 0.3) is 0 Å². The van der Waals surface area contributed by atoms with E-state index in [1.54, 1.807) is 0 Å². The van der Waals surface area contributed by atoms with Gasteiger partial charge >= 0.3 is 0 Å². The number of benzene rings is 2. The van der Waals surface area contributed by atoms with Gasteiger partial charge in [-0.15, -0.1) is 0 Å². The summed E-state index contributed by atoms with van der Waals surface area (Å²) in [6, 6.07) is 4.55. The highest BCUT2D eigenvalue weighted by atomic mass is 16.3. The minimum absolute atomic E-state index is 0.0395. The minimum atomic E-state index is 0.0395. The van der Waals surface area contributed by atoms with E-state index in [-0.39, 0.29) is 5.92 Å². The van der Waals surface area contributed by atoms with E-state index in [4.69, 9.17) is 0 Å². The molecule has 0 saturated carbocycles. The molecule has 2 aromatic rings. The van der Waals surface area contributed by atoms with Crippen LogP contribution in [0.15, 0.2) is 12.1 Å². The van der Waals surface area contributed by atoms with Gasteiger partial charge in [0.25, 0.3) is 0 Å². The zero-order chi connectivity index (χ0) is 21.1. The monoisotopic (exact) mass is 418 g/mol. The third-order valence-electron chi connectivity index (χ3n) is 8.21. The maximum atomic E-state index is 11.5. The maximum Gasteiger partial charge on any atom is 0.124 e. The number of rotatable bonds is 3. The molecule has 31 heavy (non-hydrogen) atoms. The molecular weight excluding hydrogens is 384 g/mol. The summed E-state index contributed by atoms with van der Waals surface area (Å²) >= 11 is 0. The summed E-state index contributed by atoms with van der Waals surface area (Å²) in [5, 5.41) is 22.9. The number of hydrogen-bond donors (Lipinski definition) is 2. The molecule has 164 valence electrons. The van der Waals surface area contributed by atoms with Crippen LogP contribution in [0.4, 0.5) is 11.4 Å². The van der Waals surface area contributed by atoms with Crippen molar-refractivity contribution in [3.05, 3.63) is 45.5 Å². The van der Waals surface area contributed by atoms with Crippen molar-refractivity contribution in [3.63, 3.8) is 0 Å². The van der Waals surface area contributed by atoms with E-state index in [9.17, 15) is 10.2 Å². The van der Waals surface area contributed by atoms with Crippen LogP contribution in [0.2, 0.25) is 0 Å². The van der Waals surface area contributed by atoms with Gasteiger partial charge in [0.15, 0.2) is 0 Å². The zero-order valence-electron chi connectivity index (χ0n) is 18.7. The molecule has 0 bridgehead atoms. The van der Waals surface area contributed by atoms with Gasteiger partial charge in [-0.05, 0) is 81.0 Å². The van der Waals surface area contributed by atoms with Crippen molar-refractivity contribution in [1.29, 1.82) is 0 Å². The zero-order valence-corrected chi connectivity index (χ0v) is 18.7. The molecule has 4 heteroatoms. The lowest BCUT2D eigenvalue weighted by atomic mass is 9.79. The van der Waals surface area contributed by atoms with Gasteiger partial charge in [0.2, 0.25) is 0 Å². The molecule has 2 N–H and O–H groups in total. The topological polar surface area (TPSA) is 46.9 Å². The average molecular weight is 419 g/mol. The summed E-state index contributed by atoms with van der Waals surface area (Å²) in [6.07, 6.45) is 9.61. The molecule has 4 aliphatic heterocycles. The predicted octanol–water partition coefficient (Wildman–Crippen LogP) is 5.04. The molecule has 0 unspecified atom stereocenters. The number of aromatic hydroxyl groups is 2. The molecule has 0 amide bonds. The molecule has 0 aliphatic carbocycles. The summed E-state index contributed by atoms with van der Waals surface area (Å²) in [6.45, 7) is 6.64. The third kappa shape index (κ3) is 2.86. The van der Waals surface area contributed by atoms with Crippen LogP contribution >= 0.6 is 0 Å². The first-order chi connectivity index (χ1) is 15.2. The van der Waals surface area contributed by atoms with Gasteiger partial charge in [-0.1, -0.05) is 6.92 Å². The van der Waals surface area contributed by atoms with E-state index in [2.05, 4.69) is 28.9 Å². The van der Waals surface area contributed by atoms with Gasteiger partial charge in [-0.3, -0.25) is 0 Å². The second kappa shape index (κ2) is 7.36. The van der Waals surface area contributed by atoms with E-state index in [1.165, 1.54) is 35.3 Å². The Kier molecular flexibility index (Phi) is 4.59. The van der Waals surface area contributed by atoms with Crippen LogP contribution in [0.1, 0.15) is 78.3 Å². The van der Waals surface area contributed by atoms with Gasteiger partial charge < -0.3 is 20.0 Å². The first kappa shape index (κ1) is 19.3. The lowest BCUT2D eigenvalue weighted by Gasteiger charge is -2.39. The molecule has 0 radical (unpaired) electrons. The lowest BCUT2D eigenvalue weighted by molar-refractivity contribution is 0.440. The van der Waals surface area contributed by atoms with Gasteiger partial charge in [0.05, 0.1) is 0 Å². The number of hydrogen-bond acceptors (Lipinski definition) is 4. The minimum Gasteiger partial charge on any atom is -0.507 e. The van der Waals surface area contributed by atoms with Gasteiger partial charge in [0, 0.05) is 65.7 Å². The largest absolute Gasteiger partial charge is 0.507 e. The molecular formula is C27H34N2O2. The van der Waals surface area contributed by atoms with Crippen molar-refractivity contribution in [2.45, 2.75) is 70.6 Å². The van der Waals surface area contributed by atoms with Crippen molar-refractivity contribution in [2.24, 2.45) is 0 Å². The number of aryl methyl sites for hydroxylation is 2. The number of anilines is 2. The maximum absolute atomic E-state index is 11.5. The van der Waals surface area contributed by atoms with Gasteiger partial charge in [0.1, 0.15) is 11.5 Å². The quantitative estimate of drug-likeness (QED) is 0.733. The second-order valence-corrected chi connectivity index (χ2v) is 9.95. The highest BCUT2D eigenvalue weighted by Gasteiger charge is 2.33. The van der Waals surface area contributed by atoms with E-state index < -0.39 is 0 Å². The van der Waals surface area contributed by atoms with Crippen LogP contribution in [-0.4, -0.2) is 36.4 Å². The van der Waals surface area contributed by atoms with Crippen molar-refractivity contribution in [3.8, 4) is 11.5 Å². The number of phenols is 2. The van der Waals surface area contributed by atoms with Crippen LogP contribution < -0.4 is 9.80 Å². The SMILES string of the molecule is CCC(c1cc2c3c(c1O)CCCN3CCC2)c1cc2c3c(c1O)CCCN3CCC2. The summed E-state index contributed by atoms with van der Waals surface area (Å²) in [5.41, 5.74) is 9.80. The summed E-state index contributed by atoms with van der Waals surface area (Å²) < 4.78 is 0. The van der Waals surface area contributed by atoms with Crippen molar-refractivity contribution in [1.82, 2.24) is 0 Å². The summed E-state index contributed by atoms with van der Waals surface area (Å²) in [5.74, 6) is 1.02. The van der Waals surface area contributed by atoms with E-state index >= 15 is 0 Å². The van der Waals surface area contributed by atoms with Gasteiger partial charge in [-0.2, -0.15) is 0 Å². The molecule has 4 nitrogen and oxygen atoms in total. The summed E-state index contributed by atoms with van der Waals surface area (Å²) in [4.78, 5) is 4.97. The molecule has 4 heterocycles. The Balaban J connectivity index is 1.51. The Morgan fingerprint density at radius 2 is 1.13 bits per heavy atom. The van der Waals surface area contributed by atoms with Crippen molar-refractivity contribution in [2.75, 3.05) is 36.0 Å². The summed E-state index contributed by atoms with van der Waals surface area (Å²) in [7, 11) is 0. The molecule has 0 fully saturated rings. The molecule has 0 aromatic heterocycles. The van der Waals surface area contributed by atoms with E-state index in [0.717, 1.165) is 93.4 Å². The highest BCUT2D eigenvalue weighted by molar-refractivity contribution is 5.73. The molecule has 0 saturated heterocycles. The Bertz CT molecular complexity index is 959. The number of nitrogens with zero attached hydrogens (tertiary/aromatic N) is 2. The van der Waals surface area contributed by atoms with E-state index in [1.807, 2.05) is 0 Å². The van der Waals surface area contributed by atoms with Gasteiger partial charge in [-0.25, -0.2) is 0 Å². The van der Waals surface area contributed by atoms with Crippen molar-refractivity contribution >= 4 is 11.4 Å². The van der Waals surface area contributed by atoms with Crippen LogP contribution in [0.5, 0.6) is 11.5 Å². The Labute approximate surface area is 185 Å². The molecule has 4 aliphatic rings. The van der Waals surface area contributed by atoms with Crippen LogP contribution in [0.3, 0.4) is 0 Å². The predicted molar refractivity (Wildman–Crippen MR) is 126 cm³/mol. The molecule has 0 spiro atoms. The fourth-order valence-corrected chi connectivity index (χ4v) is 6.88. The molecule has 6 rings (SSSR count). The normalized spacial score (nSPS) is 19.4. The lowest BCUT2D eigenvalue weighted by Crippen LogP contribution is -2.35. The first-order valence-electron chi connectivity index (χ1n) is 12.4. The Morgan fingerprint density at radius 3 is 1.55 bits per heavy atom. The average Bonchev–Trinajstić information content (AvgIpc) is 2.80. The molecule has 2 aromatic carbocycles. The first-order valence-corrected chi connectivity index (χ1v) is 12.4. The van der Waals surface area contributed by atoms with E-state index in [0.29, 0.717) is 11.5 Å². The fraction of sp³-hybridized carbons (Fsp3) is 0.556. The Morgan fingerprint density at radius 1 is 0.710 bits per heavy atom. The fourth-order valence-electron chi connectivity index (χ4n) is 6.88. The van der Waals surface area contributed by atoms with Crippen molar-refractivity contribution < 1.29 is 10.2 Å². The Hall–Kier alpha value is -2.36. The molecule has 0 atom stereocenters. The second-order valence-electron chi connectivity index (χ2n) is 9.95. The smallest absolute Gasteiger partial charge is 0.124 e. The van der Waals surface area contributed by atoms with Crippen LogP contribution in [0, 0.1) is 0 Å². The van der Waals surface area contributed by atoms with Crippen LogP contribution in [-0.2, 0) is 25.7 Å². The standard InChI is InChI=1S/C27H34N2O2/c1-2-19(22-15-17-7-3-11-28-13-5-9-20(24(17)28)26(22)30)23-16-18-8-4-12-29-14-6-10-21(25(18)29)27(23)31/h15-16,19,30-31H,2-14H2,1H3.